The first-order chi connectivity index (χ1) is 11.1. The summed E-state index contributed by atoms with van der Waals surface area (Å²) in [4.78, 5) is 29.2. The number of benzene rings is 1. The standard InChI is InChI=1S/C16H16ClN3O2S/c1-9-13(15(22)20-12-7-4-8-18-14(12)21)23-16(19-9)10-5-2-3-6-11(10)17/h2-3,5-6,12H,4,7-8H2,1H3,(H,18,21)(H,20,22)/t12-/m0/s1. The number of hydrogen-bond acceptors (Lipinski definition) is 4. The zero-order valence-corrected chi connectivity index (χ0v) is 14.1. The van der Waals surface area contributed by atoms with E-state index in [-0.39, 0.29) is 11.8 Å². The number of carbonyl (C=O) groups excluding carboxylic acids is 2. The minimum Gasteiger partial charge on any atom is -0.354 e. The fourth-order valence-electron chi connectivity index (χ4n) is 2.49. The van der Waals surface area contributed by atoms with Crippen LogP contribution in [-0.4, -0.2) is 29.4 Å². The highest BCUT2D eigenvalue weighted by Crippen LogP contribution is 2.32. The fraction of sp³-hybridized carbons (Fsp3) is 0.312. The average molecular weight is 350 g/mol. The molecule has 7 heteroatoms. The van der Waals surface area contributed by atoms with E-state index in [0.29, 0.717) is 33.6 Å². The molecule has 1 aliphatic rings. The van der Waals surface area contributed by atoms with Gasteiger partial charge >= 0.3 is 0 Å². The van der Waals surface area contributed by atoms with Gasteiger partial charge in [0.25, 0.3) is 5.91 Å². The van der Waals surface area contributed by atoms with Crippen molar-refractivity contribution in [1.29, 1.82) is 0 Å². The van der Waals surface area contributed by atoms with Crippen molar-refractivity contribution < 1.29 is 9.59 Å². The van der Waals surface area contributed by atoms with Gasteiger partial charge in [-0.25, -0.2) is 4.98 Å². The molecule has 1 saturated heterocycles. The summed E-state index contributed by atoms with van der Waals surface area (Å²) in [5.41, 5.74) is 1.44. The Bertz CT molecular complexity index is 760. The third-order valence-corrected chi connectivity index (χ3v) is 5.22. The zero-order chi connectivity index (χ0) is 16.4. The number of halogens is 1. The summed E-state index contributed by atoms with van der Waals surface area (Å²) in [6.45, 7) is 2.45. The molecule has 0 bridgehead atoms. The Balaban J connectivity index is 1.82. The lowest BCUT2D eigenvalue weighted by Gasteiger charge is -2.22. The van der Waals surface area contributed by atoms with Gasteiger partial charge in [-0.2, -0.15) is 0 Å². The van der Waals surface area contributed by atoms with Crippen molar-refractivity contribution in [1.82, 2.24) is 15.6 Å². The van der Waals surface area contributed by atoms with Crippen molar-refractivity contribution in [3.63, 3.8) is 0 Å². The number of amides is 2. The monoisotopic (exact) mass is 349 g/mol. The molecule has 2 N–H and O–H groups in total. The number of nitrogens with one attached hydrogen (secondary N) is 2. The highest BCUT2D eigenvalue weighted by atomic mass is 35.5. The molecule has 120 valence electrons. The van der Waals surface area contributed by atoms with Crippen LogP contribution in [0.25, 0.3) is 10.6 Å². The Morgan fingerprint density at radius 2 is 2.22 bits per heavy atom. The van der Waals surface area contributed by atoms with Crippen molar-refractivity contribution in [2.75, 3.05) is 6.54 Å². The van der Waals surface area contributed by atoms with E-state index in [1.807, 2.05) is 18.2 Å². The van der Waals surface area contributed by atoms with Crippen molar-refractivity contribution in [3.05, 3.63) is 39.9 Å². The highest BCUT2D eigenvalue weighted by molar-refractivity contribution is 7.17. The molecule has 0 radical (unpaired) electrons. The minimum absolute atomic E-state index is 0.127. The van der Waals surface area contributed by atoms with Crippen LogP contribution in [0, 0.1) is 6.92 Å². The van der Waals surface area contributed by atoms with Crippen LogP contribution in [0.4, 0.5) is 0 Å². The number of hydrogen-bond donors (Lipinski definition) is 2. The minimum atomic E-state index is -0.471. The quantitative estimate of drug-likeness (QED) is 0.895. The van der Waals surface area contributed by atoms with Gasteiger partial charge in [-0.3, -0.25) is 9.59 Å². The predicted molar refractivity (Wildman–Crippen MR) is 90.8 cm³/mol. The van der Waals surface area contributed by atoms with Crippen LogP contribution >= 0.6 is 22.9 Å². The molecule has 0 spiro atoms. The second kappa shape index (κ2) is 6.68. The van der Waals surface area contributed by atoms with Gasteiger partial charge in [0.1, 0.15) is 15.9 Å². The Kier molecular flexibility index (Phi) is 4.63. The van der Waals surface area contributed by atoms with E-state index in [9.17, 15) is 9.59 Å². The topological polar surface area (TPSA) is 71.1 Å². The Morgan fingerprint density at radius 3 is 2.96 bits per heavy atom. The molecule has 0 unspecified atom stereocenters. The third-order valence-electron chi connectivity index (χ3n) is 3.70. The summed E-state index contributed by atoms with van der Waals surface area (Å²) >= 11 is 7.47. The Hall–Kier alpha value is -1.92. The van der Waals surface area contributed by atoms with Crippen LogP contribution < -0.4 is 10.6 Å². The predicted octanol–water partition coefficient (Wildman–Crippen LogP) is 2.78. The second-order valence-corrected chi connectivity index (χ2v) is 6.78. The smallest absolute Gasteiger partial charge is 0.263 e. The number of aryl methyl sites for hydroxylation is 1. The van der Waals surface area contributed by atoms with Gasteiger partial charge in [0, 0.05) is 12.1 Å². The van der Waals surface area contributed by atoms with Gasteiger partial charge in [-0.05, 0) is 25.8 Å². The van der Waals surface area contributed by atoms with Crippen molar-refractivity contribution in [2.24, 2.45) is 0 Å². The van der Waals surface area contributed by atoms with Crippen LogP contribution in [0.15, 0.2) is 24.3 Å². The maximum absolute atomic E-state index is 12.5. The molecule has 1 atom stereocenters. The zero-order valence-electron chi connectivity index (χ0n) is 12.6. The Morgan fingerprint density at radius 1 is 1.43 bits per heavy atom. The van der Waals surface area contributed by atoms with E-state index in [0.717, 1.165) is 12.0 Å². The van der Waals surface area contributed by atoms with Gasteiger partial charge in [-0.15, -0.1) is 11.3 Å². The molecule has 2 aromatic rings. The van der Waals surface area contributed by atoms with Crippen molar-refractivity contribution in [3.8, 4) is 10.6 Å². The molecule has 1 fully saturated rings. The molecule has 0 aliphatic carbocycles. The van der Waals surface area contributed by atoms with Crippen LogP contribution in [0.1, 0.15) is 28.2 Å². The van der Waals surface area contributed by atoms with Gasteiger partial charge < -0.3 is 10.6 Å². The summed E-state index contributed by atoms with van der Waals surface area (Å²) in [5, 5.41) is 6.85. The first-order valence-corrected chi connectivity index (χ1v) is 8.56. The number of nitrogens with zero attached hydrogens (tertiary/aromatic N) is 1. The average Bonchev–Trinajstić information content (AvgIpc) is 2.92. The van der Waals surface area contributed by atoms with Crippen LogP contribution in [0.3, 0.4) is 0 Å². The summed E-state index contributed by atoms with van der Waals surface area (Å²) in [7, 11) is 0. The van der Waals surface area contributed by atoms with E-state index < -0.39 is 6.04 Å². The molecular weight excluding hydrogens is 334 g/mol. The first-order valence-electron chi connectivity index (χ1n) is 7.37. The molecule has 23 heavy (non-hydrogen) atoms. The van der Waals surface area contributed by atoms with E-state index >= 15 is 0 Å². The number of aromatic nitrogens is 1. The third kappa shape index (κ3) is 3.38. The number of thiazole rings is 1. The fourth-order valence-corrected chi connectivity index (χ4v) is 3.78. The molecule has 1 aromatic carbocycles. The highest BCUT2D eigenvalue weighted by Gasteiger charge is 2.26. The first kappa shape index (κ1) is 16.0. The van der Waals surface area contributed by atoms with Crippen LogP contribution in [-0.2, 0) is 4.79 Å². The summed E-state index contributed by atoms with van der Waals surface area (Å²) in [6, 6.07) is 6.92. The van der Waals surface area contributed by atoms with E-state index in [1.165, 1.54) is 11.3 Å². The second-order valence-electron chi connectivity index (χ2n) is 5.37. The number of rotatable bonds is 3. The summed E-state index contributed by atoms with van der Waals surface area (Å²) in [6.07, 6.45) is 1.52. The summed E-state index contributed by atoms with van der Waals surface area (Å²) in [5.74, 6) is -0.390. The molecule has 1 aromatic heterocycles. The lowest BCUT2D eigenvalue weighted by atomic mass is 10.1. The van der Waals surface area contributed by atoms with Gasteiger partial charge in [-0.1, -0.05) is 29.8 Å². The molecular formula is C16H16ClN3O2S. The summed E-state index contributed by atoms with van der Waals surface area (Å²) < 4.78 is 0. The van der Waals surface area contributed by atoms with Crippen molar-refractivity contribution in [2.45, 2.75) is 25.8 Å². The maximum atomic E-state index is 12.5. The van der Waals surface area contributed by atoms with Gasteiger partial charge in [0.05, 0.1) is 10.7 Å². The van der Waals surface area contributed by atoms with Crippen LogP contribution in [0.2, 0.25) is 5.02 Å². The molecule has 5 nitrogen and oxygen atoms in total. The van der Waals surface area contributed by atoms with Gasteiger partial charge in [0.15, 0.2) is 0 Å². The normalized spacial score (nSPS) is 17.7. The van der Waals surface area contributed by atoms with Crippen LogP contribution in [0.5, 0.6) is 0 Å². The molecule has 0 saturated carbocycles. The van der Waals surface area contributed by atoms with E-state index in [1.54, 1.807) is 13.0 Å². The van der Waals surface area contributed by atoms with E-state index in [2.05, 4.69) is 15.6 Å². The lowest BCUT2D eigenvalue weighted by Crippen LogP contribution is -2.50. The molecule has 2 amide bonds. The number of piperidine rings is 1. The molecule has 1 aliphatic heterocycles. The van der Waals surface area contributed by atoms with Gasteiger partial charge in [0.2, 0.25) is 5.91 Å². The largest absolute Gasteiger partial charge is 0.354 e. The maximum Gasteiger partial charge on any atom is 0.263 e. The van der Waals surface area contributed by atoms with E-state index in [4.69, 9.17) is 11.6 Å². The molecule has 3 rings (SSSR count). The lowest BCUT2D eigenvalue weighted by molar-refractivity contribution is -0.124. The SMILES string of the molecule is Cc1nc(-c2ccccc2Cl)sc1C(=O)N[C@H]1CCCNC1=O. The number of carbonyl (C=O) groups is 2. The molecule has 2 heterocycles. The Labute approximate surface area is 143 Å². The van der Waals surface area contributed by atoms with Crippen molar-refractivity contribution >= 4 is 34.8 Å².